The Morgan fingerprint density at radius 3 is 2.53 bits per heavy atom. The summed E-state index contributed by atoms with van der Waals surface area (Å²) in [4.78, 5) is 17.0. The van der Waals surface area contributed by atoms with Gasteiger partial charge in [-0.2, -0.15) is 13.2 Å². The first-order valence-electron chi connectivity index (χ1n) is 12.2. The summed E-state index contributed by atoms with van der Waals surface area (Å²) in [6, 6.07) is 12.5. The quantitative estimate of drug-likeness (QED) is 0.463. The number of alkyl halides is 3. The van der Waals surface area contributed by atoms with Gasteiger partial charge in [0.15, 0.2) is 0 Å². The normalized spacial score (nSPS) is 23.9. The van der Waals surface area contributed by atoms with Gasteiger partial charge in [0.25, 0.3) is 5.91 Å². The maximum atomic E-state index is 13.5. The molecular weight excluding hydrogens is 439 g/mol. The molecule has 0 radical (unpaired) electrons. The number of carbonyl (C=O) groups excluding carboxylic acids is 1. The Morgan fingerprint density at radius 1 is 1.18 bits per heavy atom. The third-order valence-corrected chi connectivity index (χ3v) is 7.30. The van der Waals surface area contributed by atoms with Crippen LogP contribution in [-0.2, 0) is 11.0 Å². The summed E-state index contributed by atoms with van der Waals surface area (Å²) in [5, 5.41) is 3.53. The third kappa shape index (κ3) is 4.42. The second-order valence-electron chi connectivity index (χ2n) is 9.86. The van der Waals surface area contributed by atoms with Crippen molar-refractivity contribution in [1.82, 2.24) is 4.90 Å². The second-order valence-corrected chi connectivity index (χ2v) is 9.86. The lowest BCUT2D eigenvalue weighted by Crippen LogP contribution is -2.44. The summed E-state index contributed by atoms with van der Waals surface area (Å²) in [5.41, 5.74) is 1.02. The molecule has 3 unspecified atom stereocenters. The van der Waals surface area contributed by atoms with Gasteiger partial charge >= 0.3 is 6.18 Å². The van der Waals surface area contributed by atoms with E-state index in [1.54, 1.807) is 11.0 Å². The minimum Gasteiger partial charge on any atom is -0.383 e. The summed E-state index contributed by atoms with van der Waals surface area (Å²) >= 11 is 0. The first-order valence-corrected chi connectivity index (χ1v) is 12.2. The maximum absolute atomic E-state index is 13.5. The molecule has 0 bridgehead atoms. The molecule has 2 aromatic rings. The van der Waals surface area contributed by atoms with Gasteiger partial charge in [0.1, 0.15) is 5.54 Å². The number of unbranched alkanes of at least 4 members (excludes halogenated alkanes) is 1. The number of hydrogen-bond donors (Lipinski definition) is 1. The fourth-order valence-electron chi connectivity index (χ4n) is 5.52. The van der Waals surface area contributed by atoms with Crippen LogP contribution in [0, 0.1) is 6.92 Å². The van der Waals surface area contributed by atoms with Gasteiger partial charge in [-0.3, -0.25) is 14.6 Å². The van der Waals surface area contributed by atoms with E-state index in [0.29, 0.717) is 18.2 Å². The molecule has 2 fully saturated rings. The molecule has 2 saturated heterocycles. The van der Waals surface area contributed by atoms with Gasteiger partial charge < -0.3 is 5.32 Å². The molecule has 0 aromatic heterocycles. The number of anilines is 2. The summed E-state index contributed by atoms with van der Waals surface area (Å²) < 4.78 is 40.6. The highest BCUT2D eigenvalue weighted by molar-refractivity contribution is 6.21. The van der Waals surface area contributed by atoms with Crippen LogP contribution in [0.3, 0.4) is 0 Å². The van der Waals surface area contributed by atoms with Crippen LogP contribution < -0.4 is 10.2 Å². The van der Waals surface area contributed by atoms with Crippen molar-refractivity contribution in [2.45, 2.75) is 76.7 Å². The Bertz CT molecular complexity index is 1040. The molecule has 1 spiro atoms. The van der Waals surface area contributed by atoms with Gasteiger partial charge in [0, 0.05) is 17.4 Å². The fourth-order valence-corrected chi connectivity index (χ4v) is 5.52. The standard InChI is InChI=1S/C27H34F3N3O/c1-5-6-8-19(3)31-21-12-10-20(11-13-21)24-26(15-7-16-32(24)4)25(34)33(26)22-14-9-18(2)23(17-22)27(28,29)30/h9-14,17,19,24,31H,5-8,15-16H2,1-4H3. The molecule has 0 saturated carbocycles. The molecule has 1 N–H and O–H groups in total. The van der Waals surface area contributed by atoms with Crippen molar-refractivity contribution in [3.8, 4) is 0 Å². The van der Waals surface area contributed by atoms with E-state index < -0.39 is 17.3 Å². The molecule has 2 aromatic carbocycles. The Kier molecular flexibility index (Phi) is 6.69. The molecule has 0 aliphatic carbocycles. The molecule has 4 nitrogen and oxygen atoms in total. The van der Waals surface area contributed by atoms with Crippen molar-refractivity contribution >= 4 is 17.3 Å². The van der Waals surface area contributed by atoms with Gasteiger partial charge in [0.05, 0.1) is 11.6 Å². The molecule has 2 aliphatic heterocycles. The monoisotopic (exact) mass is 473 g/mol. The number of aryl methyl sites for hydroxylation is 1. The summed E-state index contributed by atoms with van der Waals surface area (Å²) in [6.45, 7) is 6.64. The lowest BCUT2D eigenvalue weighted by molar-refractivity contribution is -0.138. The fraction of sp³-hybridized carbons (Fsp3) is 0.519. The average molecular weight is 474 g/mol. The number of likely N-dealkylation sites (tertiary alicyclic amines) is 1. The van der Waals surface area contributed by atoms with E-state index in [1.807, 2.05) is 31.3 Å². The molecule has 2 heterocycles. The number of carbonyl (C=O) groups is 1. The number of nitrogens with one attached hydrogen (secondary N) is 1. The van der Waals surface area contributed by atoms with Gasteiger partial charge in [-0.1, -0.05) is 38.0 Å². The zero-order valence-electron chi connectivity index (χ0n) is 20.4. The van der Waals surface area contributed by atoms with Crippen molar-refractivity contribution in [3.63, 3.8) is 0 Å². The van der Waals surface area contributed by atoms with Crippen LogP contribution in [0.5, 0.6) is 0 Å². The van der Waals surface area contributed by atoms with Gasteiger partial charge in [-0.15, -0.1) is 0 Å². The largest absolute Gasteiger partial charge is 0.416 e. The SMILES string of the molecule is CCCCC(C)Nc1ccc(C2N(C)CCCC23C(=O)N3c2ccc(C)c(C(F)(F)F)c2)cc1. The molecule has 7 heteroatoms. The number of rotatable bonds is 7. The van der Waals surface area contributed by atoms with E-state index in [4.69, 9.17) is 0 Å². The van der Waals surface area contributed by atoms with Crippen molar-refractivity contribution in [3.05, 3.63) is 59.2 Å². The molecule has 184 valence electrons. The van der Waals surface area contributed by atoms with Gasteiger partial charge in [-0.25, -0.2) is 0 Å². The number of amides is 1. The number of hydrogen-bond acceptors (Lipinski definition) is 3. The minimum atomic E-state index is -4.45. The first kappa shape index (κ1) is 24.6. The van der Waals surface area contributed by atoms with Crippen LogP contribution in [-0.4, -0.2) is 36.0 Å². The number of piperidine rings is 1. The van der Waals surface area contributed by atoms with Crippen LogP contribution in [0.4, 0.5) is 24.5 Å². The van der Waals surface area contributed by atoms with E-state index in [-0.39, 0.29) is 17.5 Å². The minimum absolute atomic E-state index is 0.101. The lowest BCUT2D eigenvalue weighted by Gasteiger charge is -2.39. The summed E-state index contributed by atoms with van der Waals surface area (Å²) in [5.74, 6) is -0.101. The van der Waals surface area contributed by atoms with Crippen LogP contribution in [0.2, 0.25) is 0 Å². The van der Waals surface area contributed by atoms with E-state index in [2.05, 4.69) is 24.1 Å². The summed E-state index contributed by atoms with van der Waals surface area (Å²) in [7, 11) is 1.99. The van der Waals surface area contributed by atoms with E-state index in [1.165, 1.54) is 19.4 Å². The lowest BCUT2D eigenvalue weighted by atomic mass is 9.83. The maximum Gasteiger partial charge on any atom is 0.416 e. The zero-order valence-corrected chi connectivity index (χ0v) is 20.4. The Balaban J connectivity index is 1.62. The highest BCUT2D eigenvalue weighted by Gasteiger charge is 2.69. The molecule has 2 aliphatic rings. The molecule has 1 amide bonds. The van der Waals surface area contributed by atoms with E-state index in [0.717, 1.165) is 43.1 Å². The number of benzene rings is 2. The highest BCUT2D eigenvalue weighted by atomic mass is 19.4. The Labute approximate surface area is 200 Å². The Hall–Kier alpha value is -2.54. The van der Waals surface area contributed by atoms with Crippen LogP contribution in [0.1, 0.15) is 68.7 Å². The Morgan fingerprint density at radius 2 is 1.88 bits per heavy atom. The average Bonchev–Trinajstić information content (AvgIpc) is 3.35. The second kappa shape index (κ2) is 9.25. The van der Waals surface area contributed by atoms with Crippen LogP contribution >= 0.6 is 0 Å². The van der Waals surface area contributed by atoms with Crippen LogP contribution in [0.25, 0.3) is 0 Å². The first-order chi connectivity index (χ1) is 16.1. The number of likely N-dealkylation sites (N-methyl/N-ethyl adjacent to an activating group) is 1. The predicted octanol–water partition coefficient (Wildman–Crippen LogP) is 6.56. The van der Waals surface area contributed by atoms with Gasteiger partial charge in [0.2, 0.25) is 0 Å². The van der Waals surface area contributed by atoms with Crippen molar-refractivity contribution < 1.29 is 18.0 Å². The van der Waals surface area contributed by atoms with E-state index >= 15 is 0 Å². The number of halogens is 3. The molecular formula is C27H34F3N3O. The molecule has 4 rings (SSSR count). The zero-order chi connectivity index (χ0) is 24.7. The molecule has 34 heavy (non-hydrogen) atoms. The van der Waals surface area contributed by atoms with Crippen molar-refractivity contribution in [1.29, 1.82) is 0 Å². The topological polar surface area (TPSA) is 35.4 Å². The predicted molar refractivity (Wildman–Crippen MR) is 130 cm³/mol. The van der Waals surface area contributed by atoms with Crippen molar-refractivity contribution in [2.24, 2.45) is 0 Å². The summed E-state index contributed by atoms with van der Waals surface area (Å²) in [6.07, 6.45) is 0.441. The number of nitrogens with zero attached hydrogens (tertiary/aromatic N) is 2. The smallest absolute Gasteiger partial charge is 0.383 e. The van der Waals surface area contributed by atoms with Crippen LogP contribution in [0.15, 0.2) is 42.5 Å². The van der Waals surface area contributed by atoms with Gasteiger partial charge in [-0.05, 0) is 82.1 Å². The highest BCUT2D eigenvalue weighted by Crippen LogP contribution is 2.55. The third-order valence-electron chi connectivity index (χ3n) is 7.30. The molecule has 3 atom stereocenters. The van der Waals surface area contributed by atoms with Crippen molar-refractivity contribution in [2.75, 3.05) is 23.8 Å². The van der Waals surface area contributed by atoms with E-state index in [9.17, 15) is 18.0 Å².